The molecule has 1 N–H and O–H groups in total. The van der Waals surface area contributed by atoms with Gasteiger partial charge < -0.3 is 9.72 Å². The fraction of sp³-hybridized carbons (Fsp3) is 0.733. The second-order valence-corrected chi connectivity index (χ2v) is 7.35. The van der Waals surface area contributed by atoms with E-state index in [0.29, 0.717) is 16.5 Å². The first kappa shape index (κ1) is 16.1. The molecule has 1 aromatic heterocycles. The first-order chi connectivity index (χ1) is 9.39. The largest absolute Gasteiger partial charge is 0.370 e. The number of nitrogens with one attached hydrogen (secondary N) is 1. The number of rotatable bonds is 3. The van der Waals surface area contributed by atoms with E-state index in [2.05, 4.69) is 46.7 Å². The number of hydrogen-bond donors (Lipinski definition) is 1. The average molecular weight is 359 g/mol. The summed E-state index contributed by atoms with van der Waals surface area (Å²) >= 11 is 8.96. The van der Waals surface area contributed by atoms with Crippen LogP contribution in [0.5, 0.6) is 0 Å². The van der Waals surface area contributed by atoms with E-state index in [0.717, 1.165) is 28.8 Å². The number of halogens is 1. The van der Waals surface area contributed by atoms with Gasteiger partial charge in [0.25, 0.3) is 0 Å². The normalized spacial score (nSPS) is 27.0. The van der Waals surface area contributed by atoms with Crippen LogP contribution >= 0.6 is 28.1 Å². The first-order valence-corrected chi connectivity index (χ1v) is 8.45. The van der Waals surface area contributed by atoms with Crippen molar-refractivity contribution in [2.24, 2.45) is 5.92 Å². The first-order valence-electron chi connectivity index (χ1n) is 7.25. The lowest BCUT2D eigenvalue weighted by molar-refractivity contribution is -0.0648. The third-order valence-corrected chi connectivity index (χ3v) is 5.61. The summed E-state index contributed by atoms with van der Waals surface area (Å²) in [6, 6.07) is 0. The molecule has 3 nitrogen and oxygen atoms in total. The molecule has 2 rings (SSSR count). The van der Waals surface area contributed by atoms with E-state index in [1.165, 1.54) is 12.8 Å². The zero-order valence-electron chi connectivity index (χ0n) is 12.6. The molecule has 1 aromatic rings. The van der Waals surface area contributed by atoms with Crippen molar-refractivity contribution in [3.63, 3.8) is 0 Å². The summed E-state index contributed by atoms with van der Waals surface area (Å²) in [6.07, 6.45) is 4.44. The van der Waals surface area contributed by atoms with Gasteiger partial charge >= 0.3 is 0 Å². The van der Waals surface area contributed by atoms with Crippen LogP contribution < -0.4 is 0 Å². The van der Waals surface area contributed by atoms with Gasteiger partial charge in [-0.25, -0.2) is 4.98 Å². The standard InChI is InChI=1S/C15H23BrN2OS/c1-9(2)12-11(16)13(20)18-14(17-12)15(19-4)7-5-6-10(3)8-15/h9-10H,5-8H2,1-4H3,(H,17,18,20). The van der Waals surface area contributed by atoms with Crippen molar-refractivity contribution in [1.29, 1.82) is 0 Å². The average Bonchev–Trinajstić information content (AvgIpc) is 2.41. The van der Waals surface area contributed by atoms with E-state index in [-0.39, 0.29) is 5.60 Å². The van der Waals surface area contributed by atoms with E-state index in [1.54, 1.807) is 7.11 Å². The molecule has 112 valence electrons. The maximum atomic E-state index is 5.91. The lowest BCUT2D eigenvalue weighted by atomic mass is 9.78. The summed E-state index contributed by atoms with van der Waals surface area (Å²) in [6.45, 7) is 6.58. The predicted octanol–water partition coefficient (Wildman–Crippen LogP) is 5.08. The summed E-state index contributed by atoms with van der Waals surface area (Å²) in [5.74, 6) is 1.91. The number of methoxy groups -OCH3 is 1. The van der Waals surface area contributed by atoms with E-state index in [9.17, 15) is 0 Å². The highest BCUT2D eigenvalue weighted by atomic mass is 79.9. The van der Waals surface area contributed by atoms with Crippen molar-refractivity contribution < 1.29 is 4.74 Å². The second kappa shape index (κ2) is 6.24. The van der Waals surface area contributed by atoms with Gasteiger partial charge in [-0.3, -0.25) is 0 Å². The molecule has 2 unspecified atom stereocenters. The topological polar surface area (TPSA) is 37.9 Å². The molecule has 0 amide bonds. The Balaban J connectivity index is 2.52. The maximum Gasteiger partial charge on any atom is 0.144 e. The third kappa shape index (κ3) is 3.00. The van der Waals surface area contributed by atoms with Crippen molar-refractivity contribution in [1.82, 2.24) is 9.97 Å². The molecule has 1 fully saturated rings. The van der Waals surface area contributed by atoms with Crippen LogP contribution in [0.15, 0.2) is 4.47 Å². The van der Waals surface area contributed by atoms with Crippen molar-refractivity contribution >= 4 is 28.1 Å². The second-order valence-electron chi connectivity index (χ2n) is 6.17. The summed E-state index contributed by atoms with van der Waals surface area (Å²) in [5.41, 5.74) is 0.796. The van der Waals surface area contributed by atoms with Crippen molar-refractivity contribution in [2.75, 3.05) is 7.11 Å². The highest BCUT2D eigenvalue weighted by Gasteiger charge is 2.39. The molecule has 0 spiro atoms. The summed E-state index contributed by atoms with van der Waals surface area (Å²) in [4.78, 5) is 8.09. The van der Waals surface area contributed by atoms with Crippen LogP contribution in [0.3, 0.4) is 0 Å². The molecular formula is C15H23BrN2OS. The molecule has 5 heteroatoms. The Morgan fingerprint density at radius 3 is 2.75 bits per heavy atom. The van der Waals surface area contributed by atoms with Crippen LogP contribution in [0.25, 0.3) is 0 Å². The molecule has 0 aromatic carbocycles. The lowest BCUT2D eigenvalue weighted by Gasteiger charge is -2.38. The zero-order chi connectivity index (χ0) is 14.9. The number of nitrogens with zero attached hydrogens (tertiary/aromatic N) is 1. The van der Waals surface area contributed by atoms with Gasteiger partial charge in [0.05, 0.1) is 4.47 Å². The molecule has 20 heavy (non-hydrogen) atoms. The van der Waals surface area contributed by atoms with E-state index < -0.39 is 0 Å². The summed E-state index contributed by atoms with van der Waals surface area (Å²) < 4.78 is 7.44. The fourth-order valence-corrected chi connectivity index (χ4v) is 3.94. The Hall–Kier alpha value is -0.260. The van der Waals surface area contributed by atoms with Gasteiger partial charge in [-0.1, -0.05) is 39.4 Å². The van der Waals surface area contributed by atoms with Crippen LogP contribution in [-0.2, 0) is 10.3 Å². The zero-order valence-corrected chi connectivity index (χ0v) is 15.0. The van der Waals surface area contributed by atoms with E-state index in [4.69, 9.17) is 17.0 Å². The molecule has 0 saturated heterocycles. The minimum atomic E-state index is -0.310. The Morgan fingerprint density at radius 1 is 1.50 bits per heavy atom. The molecule has 0 aliphatic heterocycles. The van der Waals surface area contributed by atoms with Crippen LogP contribution in [0.4, 0.5) is 0 Å². The van der Waals surface area contributed by atoms with Crippen molar-refractivity contribution in [3.8, 4) is 0 Å². The predicted molar refractivity (Wildman–Crippen MR) is 87.5 cm³/mol. The molecule has 1 heterocycles. The smallest absolute Gasteiger partial charge is 0.144 e. The summed E-state index contributed by atoms with van der Waals surface area (Å²) in [7, 11) is 1.79. The van der Waals surface area contributed by atoms with Crippen molar-refractivity contribution in [2.45, 2.75) is 58.0 Å². The fourth-order valence-electron chi connectivity index (χ4n) is 3.09. The minimum Gasteiger partial charge on any atom is -0.370 e. The third-order valence-electron chi connectivity index (χ3n) is 4.25. The Bertz CT molecular complexity index is 543. The Morgan fingerprint density at radius 2 is 2.20 bits per heavy atom. The van der Waals surface area contributed by atoms with E-state index in [1.807, 2.05) is 0 Å². The highest BCUT2D eigenvalue weighted by molar-refractivity contribution is 9.10. The number of ether oxygens (including phenoxy) is 1. The SMILES string of the molecule is COC1(c2nc(=S)c(Br)c(C(C)C)[nH]2)CCCC(C)C1. The quantitative estimate of drug-likeness (QED) is 0.765. The van der Waals surface area contributed by atoms with Crippen LogP contribution in [0, 0.1) is 10.6 Å². The molecule has 1 aliphatic rings. The molecular weight excluding hydrogens is 336 g/mol. The number of aromatic amines is 1. The van der Waals surface area contributed by atoms with Gasteiger partial charge in [-0.05, 0) is 47.0 Å². The van der Waals surface area contributed by atoms with Gasteiger partial charge in [0.1, 0.15) is 16.1 Å². The highest BCUT2D eigenvalue weighted by Crippen LogP contribution is 2.41. The van der Waals surface area contributed by atoms with Gasteiger partial charge in [-0.2, -0.15) is 0 Å². The number of H-pyrrole nitrogens is 1. The van der Waals surface area contributed by atoms with E-state index >= 15 is 0 Å². The molecule has 0 radical (unpaired) electrons. The van der Waals surface area contributed by atoms with Gasteiger partial charge in [-0.15, -0.1) is 0 Å². The van der Waals surface area contributed by atoms with Crippen LogP contribution in [-0.4, -0.2) is 17.1 Å². The number of aromatic nitrogens is 2. The van der Waals surface area contributed by atoms with Crippen LogP contribution in [0.1, 0.15) is 63.9 Å². The van der Waals surface area contributed by atoms with Gasteiger partial charge in [0, 0.05) is 12.8 Å². The molecule has 1 saturated carbocycles. The van der Waals surface area contributed by atoms with Gasteiger partial charge in [0.2, 0.25) is 0 Å². The monoisotopic (exact) mass is 358 g/mol. The van der Waals surface area contributed by atoms with Crippen molar-refractivity contribution in [3.05, 3.63) is 20.6 Å². The molecule has 1 aliphatic carbocycles. The number of hydrogen-bond acceptors (Lipinski definition) is 3. The minimum absolute atomic E-state index is 0.310. The Labute approximate surface area is 134 Å². The van der Waals surface area contributed by atoms with Crippen LogP contribution in [0.2, 0.25) is 0 Å². The maximum absolute atomic E-state index is 5.91. The lowest BCUT2D eigenvalue weighted by Crippen LogP contribution is -2.36. The summed E-state index contributed by atoms with van der Waals surface area (Å²) in [5, 5.41) is 0. The Kier molecular flexibility index (Phi) is 5.03. The molecule has 2 atom stereocenters. The molecule has 0 bridgehead atoms. The van der Waals surface area contributed by atoms with Gasteiger partial charge in [0.15, 0.2) is 0 Å².